The highest BCUT2D eigenvalue weighted by Crippen LogP contribution is 2.38. The number of phenolic OH excluding ortho intramolecular Hbond substituents is 1. The van der Waals surface area contributed by atoms with E-state index in [1.807, 2.05) is 37.5 Å². The summed E-state index contributed by atoms with van der Waals surface area (Å²) in [7, 11) is 0. The molecule has 39 heavy (non-hydrogen) atoms. The maximum Gasteiger partial charge on any atom is 0.308 e. The summed E-state index contributed by atoms with van der Waals surface area (Å²) in [5.74, 6) is 1.76. The summed E-state index contributed by atoms with van der Waals surface area (Å²) >= 11 is 0. The van der Waals surface area contributed by atoms with Gasteiger partial charge in [0.25, 0.3) is 0 Å². The molecule has 1 saturated heterocycles. The number of anilines is 1. The van der Waals surface area contributed by atoms with E-state index >= 15 is 0 Å². The lowest BCUT2D eigenvalue weighted by Crippen LogP contribution is -2.34. The Hall–Kier alpha value is -4.01. The van der Waals surface area contributed by atoms with Gasteiger partial charge < -0.3 is 19.7 Å². The van der Waals surface area contributed by atoms with Crippen LogP contribution in [-0.2, 0) is 9.53 Å². The van der Waals surface area contributed by atoms with Gasteiger partial charge in [0.2, 0.25) is 5.95 Å². The Balaban J connectivity index is 1.09. The first-order valence-electron chi connectivity index (χ1n) is 14.0. The highest BCUT2D eigenvalue weighted by Gasteiger charge is 2.29. The Morgan fingerprint density at radius 1 is 1.03 bits per heavy atom. The topological polar surface area (TPSA) is 117 Å². The molecule has 0 spiro atoms. The van der Waals surface area contributed by atoms with Crippen molar-refractivity contribution < 1.29 is 14.6 Å². The molecule has 0 atom stereocenters. The Bertz CT molecular complexity index is 1440. The first-order valence-corrected chi connectivity index (χ1v) is 14.0. The van der Waals surface area contributed by atoms with Crippen molar-refractivity contribution in [2.24, 2.45) is 5.92 Å². The van der Waals surface area contributed by atoms with Gasteiger partial charge in [-0.05, 0) is 86.6 Å². The number of nitrogens with zero attached hydrogens (tertiary/aromatic N) is 5. The third-order valence-corrected chi connectivity index (χ3v) is 8.34. The number of hydrogen-bond donors (Lipinski definition) is 2. The van der Waals surface area contributed by atoms with Crippen molar-refractivity contribution >= 4 is 23.0 Å². The van der Waals surface area contributed by atoms with Crippen LogP contribution in [0.25, 0.3) is 22.3 Å². The molecule has 3 aromatic heterocycles. The number of aromatic nitrogens is 5. The summed E-state index contributed by atoms with van der Waals surface area (Å²) in [4.78, 5) is 27.0. The largest absolute Gasteiger partial charge is 0.507 e. The molecule has 1 aliphatic carbocycles. The van der Waals surface area contributed by atoms with Crippen molar-refractivity contribution in [3.05, 3.63) is 60.0 Å². The first-order chi connectivity index (χ1) is 19.1. The molecule has 0 amide bonds. The number of aromatic amines is 1. The van der Waals surface area contributed by atoms with Crippen LogP contribution in [0.2, 0.25) is 0 Å². The van der Waals surface area contributed by atoms with Crippen molar-refractivity contribution in [1.82, 2.24) is 25.1 Å². The van der Waals surface area contributed by atoms with E-state index in [-0.39, 0.29) is 17.6 Å². The standard InChI is InChI=1S/C30H34N6O3/c1-2-39-29(38)21-9-7-19(8-10-21)22-16-32-30(33-17-22)36-13-11-20(12-14-36)25-18-31-28-24(25)15-26(34-35-28)23-5-3-4-6-27(23)37/h3-6,15-21,37H,2,7-14H2,1H3,(H,31,35)/t19-,21-. The van der Waals surface area contributed by atoms with E-state index in [2.05, 4.69) is 26.3 Å². The van der Waals surface area contributed by atoms with Gasteiger partial charge in [-0.15, -0.1) is 10.2 Å². The molecule has 0 bridgehead atoms. The molecule has 1 aliphatic heterocycles. The molecule has 2 N–H and O–H groups in total. The van der Waals surface area contributed by atoms with E-state index < -0.39 is 0 Å². The second-order valence-electron chi connectivity index (χ2n) is 10.6. The second kappa shape index (κ2) is 11.0. The van der Waals surface area contributed by atoms with Gasteiger partial charge in [0, 0.05) is 42.6 Å². The summed E-state index contributed by atoms with van der Waals surface area (Å²) in [6, 6.07) is 9.24. The first kappa shape index (κ1) is 25.3. The summed E-state index contributed by atoms with van der Waals surface area (Å²) in [6.07, 6.45) is 11.7. The van der Waals surface area contributed by atoms with Gasteiger partial charge in [-0.2, -0.15) is 0 Å². The number of carbonyl (C=O) groups is 1. The molecule has 0 unspecified atom stereocenters. The summed E-state index contributed by atoms with van der Waals surface area (Å²) < 4.78 is 5.20. The monoisotopic (exact) mass is 526 g/mol. The fourth-order valence-corrected chi connectivity index (χ4v) is 6.12. The van der Waals surface area contributed by atoms with Crippen LogP contribution in [0.15, 0.2) is 48.9 Å². The van der Waals surface area contributed by atoms with Gasteiger partial charge >= 0.3 is 5.97 Å². The van der Waals surface area contributed by atoms with Crippen LogP contribution in [0.5, 0.6) is 5.75 Å². The SMILES string of the molecule is CCOC(=O)[C@H]1CC[C@H](c2cnc(N3CCC(c4c[nH]c5nnc(-c6ccccc6O)cc45)CC3)nc2)CC1. The quantitative estimate of drug-likeness (QED) is 0.323. The van der Waals surface area contributed by atoms with Crippen LogP contribution in [0.1, 0.15) is 68.4 Å². The fourth-order valence-electron chi connectivity index (χ4n) is 6.12. The molecular formula is C30H34N6O3. The van der Waals surface area contributed by atoms with Crippen LogP contribution in [0.4, 0.5) is 5.95 Å². The van der Waals surface area contributed by atoms with Crippen LogP contribution < -0.4 is 4.90 Å². The van der Waals surface area contributed by atoms with E-state index in [0.29, 0.717) is 29.7 Å². The predicted molar refractivity (Wildman–Crippen MR) is 149 cm³/mol. The minimum Gasteiger partial charge on any atom is -0.507 e. The smallest absolute Gasteiger partial charge is 0.308 e. The van der Waals surface area contributed by atoms with Gasteiger partial charge in [-0.1, -0.05) is 12.1 Å². The molecule has 9 nitrogen and oxygen atoms in total. The molecule has 1 saturated carbocycles. The van der Waals surface area contributed by atoms with Gasteiger partial charge in [0.15, 0.2) is 5.65 Å². The van der Waals surface area contributed by atoms with Crippen LogP contribution in [0, 0.1) is 5.92 Å². The van der Waals surface area contributed by atoms with E-state index in [4.69, 9.17) is 14.7 Å². The van der Waals surface area contributed by atoms with Crippen molar-refractivity contribution in [3.63, 3.8) is 0 Å². The van der Waals surface area contributed by atoms with Crippen molar-refractivity contribution in [3.8, 4) is 17.0 Å². The van der Waals surface area contributed by atoms with Gasteiger partial charge in [0.05, 0.1) is 18.2 Å². The molecule has 2 fully saturated rings. The number of ether oxygens (including phenoxy) is 1. The Kier molecular flexibility index (Phi) is 7.13. The maximum atomic E-state index is 12.0. The molecule has 6 rings (SSSR count). The predicted octanol–water partition coefficient (Wildman–Crippen LogP) is 5.34. The van der Waals surface area contributed by atoms with Crippen molar-refractivity contribution in [2.75, 3.05) is 24.6 Å². The number of carbonyl (C=O) groups excluding carboxylic acids is 1. The van der Waals surface area contributed by atoms with E-state index in [0.717, 1.165) is 74.2 Å². The molecule has 0 radical (unpaired) electrons. The minimum absolute atomic E-state index is 0.0314. The third kappa shape index (κ3) is 5.17. The van der Waals surface area contributed by atoms with Crippen molar-refractivity contribution in [1.29, 1.82) is 0 Å². The lowest BCUT2D eigenvalue weighted by atomic mass is 9.79. The van der Waals surface area contributed by atoms with E-state index in [1.54, 1.807) is 12.1 Å². The number of fused-ring (bicyclic) bond motifs is 1. The number of hydrogen-bond acceptors (Lipinski definition) is 8. The van der Waals surface area contributed by atoms with E-state index in [1.165, 1.54) is 5.56 Å². The lowest BCUT2D eigenvalue weighted by Gasteiger charge is -2.32. The number of para-hydroxylation sites is 1. The summed E-state index contributed by atoms with van der Waals surface area (Å²) in [5.41, 5.74) is 4.52. The third-order valence-electron chi connectivity index (χ3n) is 8.34. The van der Waals surface area contributed by atoms with Crippen LogP contribution in [-0.4, -0.2) is 55.9 Å². The Labute approximate surface area is 227 Å². The molecular weight excluding hydrogens is 492 g/mol. The fraction of sp³-hybridized carbons (Fsp3) is 0.433. The number of benzene rings is 1. The molecule has 1 aromatic carbocycles. The normalized spacial score (nSPS) is 20.3. The van der Waals surface area contributed by atoms with Gasteiger partial charge in [-0.25, -0.2) is 9.97 Å². The molecule has 9 heteroatoms. The van der Waals surface area contributed by atoms with Crippen LogP contribution in [0.3, 0.4) is 0 Å². The molecule has 4 heterocycles. The number of H-pyrrole nitrogens is 1. The van der Waals surface area contributed by atoms with E-state index in [9.17, 15) is 9.90 Å². The second-order valence-corrected chi connectivity index (χ2v) is 10.6. The zero-order valence-electron chi connectivity index (χ0n) is 22.2. The summed E-state index contributed by atoms with van der Waals surface area (Å²) in [5, 5.41) is 20.0. The number of nitrogens with one attached hydrogen (secondary N) is 1. The highest BCUT2D eigenvalue weighted by molar-refractivity contribution is 5.84. The van der Waals surface area contributed by atoms with Gasteiger partial charge in [-0.3, -0.25) is 4.79 Å². The van der Waals surface area contributed by atoms with Crippen LogP contribution >= 0.6 is 0 Å². The average Bonchev–Trinajstić information content (AvgIpc) is 3.41. The number of esters is 1. The summed E-state index contributed by atoms with van der Waals surface area (Å²) in [6.45, 7) is 4.07. The Morgan fingerprint density at radius 2 is 1.77 bits per heavy atom. The van der Waals surface area contributed by atoms with Gasteiger partial charge in [0.1, 0.15) is 5.75 Å². The zero-order valence-corrected chi connectivity index (χ0v) is 22.2. The van der Waals surface area contributed by atoms with Crippen molar-refractivity contribution in [2.45, 2.75) is 57.3 Å². The number of rotatable bonds is 6. The molecule has 2 aliphatic rings. The lowest BCUT2D eigenvalue weighted by molar-refractivity contribution is -0.149. The average molecular weight is 527 g/mol. The Morgan fingerprint density at radius 3 is 2.49 bits per heavy atom. The molecule has 4 aromatic rings. The number of aromatic hydroxyl groups is 1. The maximum absolute atomic E-state index is 12.0. The minimum atomic E-state index is -0.0533. The zero-order chi connectivity index (χ0) is 26.8. The number of phenols is 1. The highest BCUT2D eigenvalue weighted by atomic mass is 16.5. The molecule has 202 valence electrons. The number of piperidine rings is 1.